The summed E-state index contributed by atoms with van der Waals surface area (Å²) in [6.45, 7) is 0. The third kappa shape index (κ3) is 2.77. The summed E-state index contributed by atoms with van der Waals surface area (Å²) in [7, 11) is 0. The van der Waals surface area contributed by atoms with Gasteiger partial charge in [0.25, 0.3) is 0 Å². The molecule has 0 saturated heterocycles. The largest absolute Gasteiger partial charge is 0.612 e. The van der Waals surface area contributed by atoms with Crippen LogP contribution in [0.3, 0.4) is 0 Å². The molecule has 7 heteroatoms. The average Bonchev–Trinajstić information content (AvgIpc) is 3.17. The van der Waals surface area contributed by atoms with E-state index in [0.717, 1.165) is 12.8 Å². The quantitative estimate of drug-likeness (QED) is 0.588. The molecule has 1 unspecified atom stereocenters. The maximum atomic E-state index is 12.7. The van der Waals surface area contributed by atoms with Crippen LogP contribution in [0.4, 0.5) is 0 Å². The highest BCUT2D eigenvalue weighted by atomic mass is 79.9. The molecule has 1 atom stereocenters. The maximum Gasteiger partial charge on any atom is 0.203 e. The highest BCUT2D eigenvalue weighted by Crippen LogP contribution is 2.42. The molecule has 0 radical (unpaired) electrons. The monoisotopic (exact) mass is 387 g/mol. The van der Waals surface area contributed by atoms with E-state index in [1.807, 2.05) is 0 Å². The van der Waals surface area contributed by atoms with Crippen molar-refractivity contribution in [2.75, 3.05) is 6.26 Å². The molecular formula is C14H11BrClNO3S. The van der Waals surface area contributed by atoms with E-state index in [-0.39, 0.29) is 11.7 Å². The molecule has 0 bridgehead atoms. The number of hydrogen-bond donors (Lipinski definition) is 0. The number of nitrogens with zero attached hydrogens (tertiary/aromatic N) is 1. The van der Waals surface area contributed by atoms with Gasteiger partial charge in [0.2, 0.25) is 5.78 Å². The van der Waals surface area contributed by atoms with E-state index in [9.17, 15) is 9.35 Å². The molecule has 4 nitrogen and oxygen atoms in total. The molecule has 1 aliphatic rings. The Kier molecular flexibility index (Phi) is 4.14. The Hall–Kier alpha value is -0.820. The van der Waals surface area contributed by atoms with E-state index in [2.05, 4.69) is 21.1 Å². The molecule has 1 aromatic heterocycles. The number of rotatable bonds is 4. The summed E-state index contributed by atoms with van der Waals surface area (Å²) < 4.78 is 17.8. The van der Waals surface area contributed by atoms with Crippen LogP contribution in [-0.4, -0.2) is 21.7 Å². The van der Waals surface area contributed by atoms with Gasteiger partial charge in [-0.15, -0.1) is 0 Å². The molecule has 1 saturated carbocycles. The molecule has 21 heavy (non-hydrogen) atoms. The lowest BCUT2D eigenvalue weighted by atomic mass is 10.0. The van der Waals surface area contributed by atoms with Gasteiger partial charge < -0.3 is 9.08 Å². The van der Waals surface area contributed by atoms with Crippen LogP contribution in [0.2, 0.25) is 5.02 Å². The summed E-state index contributed by atoms with van der Waals surface area (Å²) in [4.78, 5) is 13.1. The number of carbonyl (C=O) groups excluding carboxylic acids is 1. The lowest BCUT2D eigenvalue weighted by Gasteiger charge is -2.12. The predicted molar refractivity (Wildman–Crippen MR) is 83.4 cm³/mol. The fraction of sp³-hybridized carbons (Fsp3) is 0.286. The molecular weight excluding hydrogens is 378 g/mol. The van der Waals surface area contributed by atoms with Gasteiger partial charge in [-0.3, -0.25) is 4.79 Å². The second-order valence-corrected chi connectivity index (χ2v) is 7.45. The zero-order valence-corrected chi connectivity index (χ0v) is 14.2. The topological polar surface area (TPSA) is 66.2 Å². The minimum atomic E-state index is -1.38. The minimum Gasteiger partial charge on any atom is -0.612 e. The normalized spacial score (nSPS) is 16.0. The van der Waals surface area contributed by atoms with Crippen molar-refractivity contribution >= 4 is 44.5 Å². The number of halogens is 2. The van der Waals surface area contributed by atoms with Crippen molar-refractivity contribution in [3.63, 3.8) is 0 Å². The zero-order chi connectivity index (χ0) is 15.1. The van der Waals surface area contributed by atoms with E-state index < -0.39 is 11.2 Å². The first-order valence-corrected chi connectivity index (χ1v) is 9.04. The molecule has 0 amide bonds. The molecule has 1 aromatic carbocycles. The van der Waals surface area contributed by atoms with E-state index in [0.29, 0.717) is 31.3 Å². The molecule has 110 valence electrons. The second-order valence-electron chi connectivity index (χ2n) is 4.90. The lowest BCUT2D eigenvalue weighted by Crippen LogP contribution is -2.11. The van der Waals surface area contributed by atoms with E-state index in [1.54, 1.807) is 12.1 Å². The van der Waals surface area contributed by atoms with Gasteiger partial charge in [0.15, 0.2) is 10.7 Å². The second kappa shape index (κ2) is 5.76. The van der Waals surface area contributed by atoms with Gasteiger partial charge in [0.1, 0.15) is 11.3 Å². The van der Waals surface area contributed by atoms with Crippen LogP contribution in [0.25, 0.3) is 0 Å². The fourth-order valence-corrected chi connectivity index (χ4v) is 3.98. The van der Waals surface area contributed by atoms with Gasteiger partial charge >= 0.3 is 0 Å². The molecule has 2 aromatic rings. The highest BCUT2D eigenvalue weighted by molar-refractivity contribution is 9.10. The standard InChI is InChI=1S/C14H11BrClNO3S/c1-21(19)14-8(4-5-10(15)11(14)16)12(18)9-6-17-20-13(9)7-2-3-7/h4-7H,2-3H2,1H3. The Balaban J connectivity index is 2.09. The molecule has 1 fully saturated rings. The molecule has 0 aliphatic heterocycles. The zero-order valence-electron chi connectivity index (χ0n) is 11.1. The summed E-state index contributed by atoms with van der Waals surface area (Å²) in [5.41, 5.74) is 0.761. The van der Waals surface area contributed by atoms with Crippen molar-refractivity contribution in [2.45, 2.75) is 23.7 Å². The Morgan fingerprint density at radius 2 is 2.19 bits per heavy atom. The number of carbonyl (C=O) groups is 1. The lowest BCUT2D eigenvalue weighted by molar-refractivity contribution is 0.103. The Labute approximate surface area is 138 Å². The first-order chi connectivity index (χ1) is 10.0. The molecule has 0 spiro atoms. The summed E-state index contributed by atoms with van der Waals surface area (Å²) in [5.74, 6) is 0.637. The maximum absolute atomic E-state index is 12.7. The van der Waals surface area contributed by atoms with Gasteiger partial charge in [-0.05, 0) is 52.1 Å². The average molecular weight is 389 g/mol. The summed E-state index contributed by atoms with van der Waals surface area (Å²) in [6.07, 6.45) is 4.93. The fourth-order valence-electron chi connectivity index (χ4n) is 2.20. The van der Waals surface area contributed by atoms with E-state index in [4.69, 9.17) is 16.1 Å². The van der Waals surface area contributed by atoms with Crippen LogP contribution >= 0.6 is 27.5 Å². The smallest absolute Gasteiger partial charge is 0.203 e. The van der Waals surface area contributed by atoms with Crippen molar-refractivity contribution < 1.29 is 13.9 Å². The third-order valence-corrected chi connectivity index (χ3v) is 5.77. The molecule has 0 N–H and O–H groups in total. The van der Waals surface area contributed by atoms with Crippen molar-refractivity contribution in [1.29, 1.82) is 0 Å². The first kappa shape index (κ1) is 15.1. The third-order valence-electron chi connectivity index (χ3n) is 3.37. The molecule has 3 rings (SSSR count). The molecule has 1 heterocycles. The SMILES string of the molecule is C[S+]([O-])c1c(C(=O)c2cnoc2C2CC2)ccc(Br)c1Cl. The highest BCUT2D eigenvalue weighted by Gasteiger charge is 2.34. The van der Waals surface area contributed by atoms with Crippen molar-refractivity contribution in [3.8, 4) is 0 Å². The Morgan fingerprint density at radius 3 is 2.81 bits per heavy atom. The number of ketones is 1. The number of aromatic nitrogens is 1. The predicted octanol–water partition coefficient (Wildman–Crippen LogP) is 3.94. The Bertz CT molecular complexity index is 712. The van der Waals surface area contributed by atoms with Crippen LogP contribution < -0.4 is 0 Å². The van der Waals surface area contributed by atoms with Gasteiger partial charge in [-0.1, -0.05) is 16.8 Å². The summed E-state index contributed by atoms with van der Waals surface area (Å²) in [5, 5.41) is 4.03. The van der Waals surface area contributed by atoms with Crippen LogP contribution in [-0.2, 0) is 11.2 Å². The van der Waals surface area contributed by atoms with Gasteiger partial charge in [0.05, 0.1) is 17.3 Å². The van der Waals surface area contributed by atoms with Crippen LogP contribution in [0.15, 0.2) is 32.2 Å². The summed E-state index contributed by atoms with van der Waals surface area (Å²) >= 11 is 8.09. The van der Waals surface area contributed by atoms with Crippen LogP contribution in [0, 0.1) is 0 Å². The molecule has 1 aliphatic carbocycles. The minimum absolute atomic E-state index is 0.252. The van der Waals surface area contributed by atoms with Crippen LogP contribution in [0.1, 0.15) is 40.4 Å². The van der Waals surface area contributed by atoms with Crippen molar-refractivity contribution in [3.05, 3.63) is 44.7 Å². The number of hydrogen-bond acceptors (Lipinski definition) is 4. The van der Waals surface area contributed by atoms with Gasteiger partial charge in [0, 0.05) is 10.4 Å². The Morgan fingerprint density at radius 1 is 1.48 bits per heavy atom. The van der Waals surface area contributed by atoms with Crippen LogP contribution in [0.5, 0.6) is 0 Å². The first-order valence-electron chi connectivity index (χ1n) is 6.31. The van der Waals surface area contributed by atoms with Crippen molar-refractivity contribution in [1.82, 2.24) is 5.16 Å². The van der Waals surface area contributed by atoms with Gasteiger partial charge in [-0.25, -0.2) is 0 Å². The van der Waals surface area contributed by atoms with Gasteiger partial charge in [-0.2, -0.15) is 0 Å². The van der Waals surface area contributed by atoms with E-state index >= 15 is 0 Å². The van der Waals surface area contributed by atoms with Crippen molar-refractivity contribution in [2.24, 2.45) is 0 Å². The van der Waals surface area contributed by atoms with E-state index in [1.165, 1.54) is 12.5 Å². The number of benzene rings is 1. The summed E-state index contributed by atoms with van der Waals surface area (Å²) in [6, 6.07) is 3.30.